The van der Waals surface area contributed by atoms with Crippen LogP contribution in [0.1, 0.15) is 66.2 Å². The number of esters is 1. The number of rotatable bonds is 12. The average molecular weight is 306 g/mol. The Balaban J connectivity index is 3.82. The third-order valence-corrected chi connectivity index (χ3v) is 4.74. The van der Waals surface area contributed by atoms with E-state index in [0.717, 1.165) is 37.9 Å². The summed E-state index contributed by atoms with van der Waals surface area (Å²) in [5, 5.41) is -0.0630. The van der Waals surface area contributed by atoms with Crippen LogP contribution in [0.3, 0.4) is 0 Å². The van der Waals surface area contributed by atoms with E-state index in [0.29, 0.717) is 18.9 Å². The number of hydrogen-bond donors (Lipinski definition) is 0. The molecule has 2 atom stereocenters. The normalized spacial score (nSPS) is 14.3. The highest BCUT2D eigenvalue weighted by Gasteiger charge is 2.23. The molecule has 4 heteroatoms. The lowest BCUT2D eigenvalue weighted by Gasteiger charge is -2.19. The molecule has 0 aromatic rings. The van der Waals surface area contributed by atoms with Crippen molar-refractivity contribution in [2.75, 3.05) is 12.4 Å². The Bertz CT molecular complexity index is 245. The van der Waals surface area contributed by atoms with Crippen LogP contribution in [0.2, 0.25) is 0 Å². The van der Waals surface area contributed by atoms with Crippen LogP contribution in [0.25, 0.3) is 0 Å². The van der Waals surface area contributed by atoms with Gasteiger partial charge in [-0.15, -0.1) is 11.8 Å². The van der Waals surface area contributed by atoms with Gasteiger partial charge in [0.15, 0.2) is 0 Å². The minimum atomic E-state index is -0.695. The minimum Gasteiger partial charge on any atom is -0.465 e. The highest BCUT2D eigenvalue weighted by atomic mass is 32.2. The fourth-order valence-corrected chi connectivity index (χ4v) is 3.06. The standard InChI is InChI=1S/C16H31FO2S/c1-5-6-11-19-16(18)15(13(2)3)20-12-9-7-8-10-14(4)17/h13-15H,5-12H2,1-4H3. The zero-order chi connectivity index (χ0) is 15.4. The maximum atomic E-state index is 12.6. The molecule has 0 bridgehead atoms. The van der Waals surface area contributed by atoms with Gasteiger partial charge < -0.3 is 4.74 Å². The number of thioether (sulfide) groups is 1. The number of halogens is 1. The molecule has 20 heavy (non-hydrogen) atoms. The summed E-state index contributed by atoms with van der Waals surface area (Å²) in [6.45, 7) is 8.34. The second-order valence-corrected chi connectivity index (χ2v) is 6.94. The van der Waals surface area contributed by atoms with Crippen molar-refractivity contribution >= 4 is 17.7 Å². The van der Waals surface area contributed by atoms with Gasteiger partial charge in [-0.1, -0.05) is 40.0 Å². The van der Waals surface area contributed by atoms with Gasteiger partial charge in [-0.3, -0.25) is 4.79 Å². The lowest BCUT2D eigenvalue weighted by molar-refractivity contribution is -0.143. The zero-order valence-electron chi connectivity index (χ0n) is 13.5. The summed E-state index contributed by atoms with van der Waals surface area (Å²) in [4.78, 5) is 12.0. The fourth-order valence-electron chi connectivity index (χ4n) is 1.85. The van der Waals surface area contributed by atoms with Crippen LogP contribution >= 0.6 is 11.8 Å². The van der Waals surface area contributed by atoms with Crippen molar-refractivity contribution in [1.29, 1.82) is 0 Å². The Hall–Kier alpha value is -0.250. The number of alkyl halides is 1. The topological polar surface area (TPSA) is 26.3 Å². The molecule has 0 aromatic carbocycles. The van der Waals surface area contributed by atoms with E-state index in [1.165, 1.54) is 0 Å². The van der Waals surface area contributed by atoms with Crippen molar-refractivity contribution < 1.29 is 13.9 Å². The second-order valence-electron chi connectivity index (χ2n) is 5.69. The molecule has 0 N–H and O–H groups in total. The molecule has 0 aromatic heterocycles. The van der Waals surface area contributed by atoms with E-state index in [2.05, 4.69) is 20.8 Å². The van der Waals surface area contributed by atoms with Crippen LogP contribution < -0.4 is 0 Å². The first-order valence-electron chi connectivity index (χ1n) is 7.91. The van der Waals surface area contributed by atoms with Gasteiger partial charge in [0.25, 0.3) is 0 Å². The Morgan fingerprint density at radius 3 is 2.40 bits per heavy atom. The zero-order valence-corrected chi connectivity index (χ0v) is 14.3. The molecule has 0 aliphatic carbocycles. The predicted molar refractivity (Wildman–Crippen MR) is 86.0 cm³/mol. The maximum absolute atomic E-state index is 12.6. The summed E-state index contributed by atoms with van der Waals surface area (Å²) in [7, 11) is 0. The highest BCUT2D eigenvalue weighted by molar-refractivity contribution is 8.00. The van der Waals surface area contributed by atoms with Crippen LogP contribution in [0.15, 0.2) is 0 Å². The summed E-state index contributed by atoms with van der Waals surface area (Å²) in [6.07, 6.45) is 4.95. The number of unbranched alkanes of at least 4 members (excludes halogenated alkanes) is 3. The molecular formula is C16H31FO2S. The van der Waals surface area contributed by atoms with Crippen LogP contribution in [-0.4, -0.2) is 29.8 Å². The third-order valence-electron chi connectivity index (χ3n) is 3.12. The van der Waals surface area contributed by atoms with Crippen molar-refractivity contribution in [3.63, 3.8) is 0 Å². The molecule has 0 rings (SSSR count). The molecule has 0 saturated heterocycles. The third kappa shape index (κ3) is 10.5. The molecule has 0 saturated carbocycles. The highest BCUT2D eigenvalue weighted by Crippen LogP contribution is 2.23. The van der Waals surface area contributed by atoms with Crippen LogP contribution in [0.4, 0.5) is 4.39 Å². The summed E-state index contributed by atoms with van der Waals surface area (Å²) in [6, 6.07) is 0. The SMILES string of the molecule is CCCCOC(=O)C(SCCCCCC(C)F)C(C)C. The van der Waals surface area contributed by atoms with E-state index in [4.69, 9.17) is 4.74 Å². The van der Waals surface area contributed by atoms with Crippen molar-refractivity contribution in [2.24, 2.45) is 5.92 Å². The largest absolute Gasteiger partial charge is 0.465 e. The van der Waals surface area contributed by atoms with Gasteiger partial charge >= 0.3 is 5.97 Å². The Morgan fingerprint density at radius 1 is 1.15 bits per heavy atom. The fraction of sp³-hybridized carbons (Fsp3) is 0.938. The van der Waals surface area contributed by atoms with Crippen LogP contribution in [-0.2, 0) is 9.53 Å². The first-order chi connectivity index (χ1) is 9.49. The minimum absolute atomic E-state index is 0.0630. The number of carbonyl (C=O) groups is 1. The summed E-state index contributed by atoms with van der Waals surface area (Å²) in [5.74, 6) is 1.17. The lowest BCUT2D eigenvalue weighted by Crippen LogP contribution is -2.26. The first kappa shape index (κ1) is 19.8. The van der Waals surface area contributed by atoms with Crippen molar-refractivity contribution in [1.82, 2.24) is 0 Å². The van der Waals surface area contributed by atoms with E-state index < -0.39 is 6.17 Å². The molecule has 0 heterocycles. The molecule has 0 spiro atoms. The summed E-state index contributed by atoms with van der Waals surface area (Å²) < 4.78 is 17.9. The molecule has 0 radical (unpaired) electrons. The van der Waals surface area contributed by atoms with Gasteiger partial charge in [0, 0.05) is 0 Å². The maximum Gasteiger partial charge on any atom is 0.319 e. The van der Waals surface area contributed by atoms with Crippen LogP contribution in [0, 0.1) is 5.92 Å². The van der Waals surface area contributed by atoms with Crippen molar-refractivity contribution in [3.8, 4) is 0 Å². The van der Waals surface area contributed by atoms with Gasteiger partial charge in [0.2, 0.25) is 0 Å². The number of ether oxygens (including phenoxy) is 1. The Kier molecular flexibility index (Phi) is 12.3. The van der Waals surface area contributed by atoms with Gasteiger partial charge in [-0.25, -0.2) is 4.39 Å². The number of carbonyl (C=O) groups excluding carboxylic acids is 1. The average Bonchev–Trinajstić information content (AvgIpc) is 2.37. The van der Waals surface area contributed by atoms with E-state index in [1.807, 2.05) is 0 Å². The molecule has 120 valence electrons. The Morgan fingerprint density at radius 2 is 1.85 bits per heavy atom. The second kappa shape index (κ2) is 12.5. The lowest BCUT2D eigenvalue weighted by atomic mass is 10.1. The molecule has 0 aliphatic heterocycles. The molecule has 0 aliphatic rings. The first-order valence-corrected chi connectivity index (χ1v) is 8.96. The van der Waals surface area contributed by atoms with E-state index in [-0.39, 0.29) is 11.2 Å². The molecule has 2 nitrogen and oxygen atoms in total. The number of hydrogen-bond acceptors (Lipinski definition) is 3. The smallest absolute Gasteiger partial charge is 0.319 e. The van der Waals surface area contributed by atoms with Crippen molar-refractivity contribution in [3.05, 3.63) is 0 Å². The van der Waals surface area contributed by atoms with E-state index >= 15 is 0 Å². The van der Waals surface area contributed by atoms with Crippen molar-refractivity contribution in [2.45, 2.75) is 77.6 Å². The molecule has 0 fully saturated rings. The summed E-state index contributed by atoms with van der Waals surface area (Å²) >= 11 is 1.69. The molecule has 2 unspecified atom stereocenters. The van der Waals surface area contributed by atoms with Gasteiger partial charge in [-0.2, -0.15) is 0 Å². The van der Waals surface area contributed by atoms with Gasteiger partial charge in [0.05, 0.1) is 12.8 Å². The molecule has 0 amide bonds. The Labute approximate surface area is 128 Å². The molecular weight excluding hydrogens is 275 g/mol. The van der Waals surface area contributed by atoms with E-state index in [9.17, 15) is 9.18 Å². The van der Waals surface area contributed by atoms with Gasteiger partial charge in [-0.05, 0) is 37.9 Å². The predicted octanol–water partition coefficient (Wildman–Crippen LogP) is 5.01. The quantitative estimate of drug-likeness (QED) is 0.375. The van der Waals surface area contributed by atoms with E-state index in [1.54, 1.807) is 18.7 Å². The monoisotopic (exact) mass is 306 g/mol. The van der Waals surface area contributed by atoms with Gasteiger partial charge in [0.1, 0.15) is 5.25 Å². The van der Waals surface area contributed by atoms with Crippen LogP contribution in [0.5, 0.6) is 0 Å². The summed E-state index contributed by atoms with van der Waals surface area (Å²) in [5.41, 5.74) is 0.